The number of carbonyl (C=O) groups is 2. The lowest BCUT2D eigenvalue weighted by molar-refractivity contribution is -0.129. The number of benzene rings is 2. The Morgan fingerprint density at radius 1 is 1.00 bits per heavy atom. The molecular weight excluding hydrogens is 376 g/mol. The molecule has 0 fully saturated rings. The number of rotatable bonds is 8. The molecule has 0 heterocycles. The van der Waals surface area contributed by atoms with Gasteiger partial charge in [0.1, 0.15) is 0 Å². The van der Waals surface area contributed by atoms with E-state index in [0.717, 1.165) is 11.1 Å². The van der Waals surface area contributed by atoms with Gasteiger partial charge in [-0.3, -0.25) is 19.9 Å². The molecule has 0 aliphatic rings. The van der Waals surface area contributed by atoms with E-state index in [2.05, 4.69) is 19.2 Å². The summed E-state index contributed by atoms with van der Waals surface area (Å²) in [6.45, 7) is 8.30. The van der Waals surface area contributed by atoms with Crippen molar-refractivity contribution in [3.63, 3.8) is 0 Å². The van der Waals surface area contributed by atoms with E-state index < -0.39 is 0 Å². The van der Waals surface area contributed by atoms with Crippen molar-refractivity contribution in [2.24, 2.45) is 17.6 Å². The van der Waals surface area contributed by atoms with Crippen LogP contribution in [0, 0.1) is 17.2 Å². The van der Waals surface area contributed by atoms with Crippen molar-refractivity contribution in [3.05, 3.63) is 71.3 Å². The largest absolute Gasteiger partial charge is 0.370 e. The minimum Gasteiger partial charge on any atom is -0.370 e. The third-order valence-corrected chi connectivity index (χ3v) is 5.43. The van der Waals surface area contributed by atoms with Crippen molar-refractivity contribution < 1.29 is 9.59 Å². The molecule has 0 saturated carbocycles. The number of guanidine groups is 1. The Balaban J connectivity index is 2.02. The second kappa shape index (κ2) is 10.6. The van der Waals surface area contributed by atoms with Crippen LogP contribution in [0.2, 0.25) is 0 Å². The molecule has 0 radical (unpaired) electrons. The van der Waals surface area contributed by atoms with Crippen molar-refractivity contribution in [1.82, 2.24) is 10.2 Å². The predicted molar refractivity (Wildman–Crippen MR) is 120 cm³/mol. The van der Waals surface area contributed by atoms with E-state index in [9.17, 15) is 9.59 Å². The summed E-state index contributed by atoms with van der Waals surface area (Å²) < 4.78 is 0. The van der Waals surface area contributed by atoms with Crippen LogP contribution in [0.4, 0.5) is 0 Å². The first kappa shape index (κ1) is 23.1. The zero-order chi connectivity index (χ0) is 22.3. The van der Waals surface area contributed by atoms with Crippen LogP contribution in [0.3, 0.4) is 0 Å². The molecule has 2 atom stereocenters. The maximum Gasteiger partial charge on any atom is 0.251 e. The first-order valence-electron chi connectivity index (χ1n) is 10.3. The van der Waals surface area contributed by atoms with Crippen LogP contribution >= 0.6 is 0 Å². The highest BCUT2D eigenvalue weighted by Gasteiger charge is 2.21. The Hall–Kier alpha value is -3.15. The zero-order valence-corrected chi connectivity index (χ0v) is 18.2. The molecule has 2 amide bonds. The topological polar surface area (TPSA) is 99.3 Å². The van der Waals surface area contributed by atoms with E-state index >= 15 is 0 Å². The van der Waals surface area contributed by atoms with E-state index in [1.54, 1.807) is 24.3 Å². The Bertz CT molecular complexity index is 863. The summed E-state index contributed by atoms with van der Waals surface area (Å²) in [4.78, 5) is 26.4. The van der Waals surface area contributed by atoms with Gasteiger partial charge < -0.3 is 11.1 Å². The SMILES string of the molecule is CC(C)[C@H](C)CC(=O)N(Cc1ccc(C(=O)N[C@@H](C)c2ccccc2)cc1)C(=N)N. The molecule has 0 aromatic heterocycles. The Labute approximate surface area is 179 Å². The molecule has 0 unspecified atom stereocenters. The number of amides is 2. The number of hydrogen-bond acceptors (Lipinski definition) is 3. The first-order valence-corrected chi connectivity index (χ1v) is 10.3. The summed E-state index contributed by atoms with van der Waals surface area (Å²) in [6, 6.07) is 16.7. The predicted octanol–water partition coefficient (Wildman–Crippen LogP) is 4.08. The van der Waals surface area contributed by atoms with Crippen LogP contribution in [-0.2, 0) is 11.3 Å². The van der Waals surface area contributed by atoms with Gasteiger partial charge in [0.15, 0.2) is 5.96 Å². The molecule has 2 rings (SSSR count). The van der Waals surface area contributed by atoms with E-state index in [-0.39, 0.29) is 36.3 Å². The molecule has 2 aromatic rings. The second-order valence-electron chi connectivity index (χ2n) is 8.09. The summed E-state index contributed by atoms with van der Waals surface area (Å²) in [5.41, 5.74) is 8.03. The molecule has 30 heavy (non-hydrogen) atoms. The summed E-state index contributed by atoms with van der Waals surface area (Å²) >= 11 is 0. The van der Waals surface area contributed by atoms with Crippen molar-refractivity contribution in [2.75, 3.05) is 0 Å². The maximum atomic E-state index is 12.6. The smallest absolute Gasteiger partial charge is 0.251 e. The fraction of sp³-hybridized carbons (Fsp3) is 0.375. The quantitative estimate of drug-likeness (QED) is 0.453. The molecule has 0 aliphatic heterocycles. The average molecular weight is 409 g/mol. The van der Waals surface area contributed by atoms with Gasteiger partial charge in [0.25, 0.3) is 5.91 Å². The van der Waals surface area contributed by atoms with Gasteiger partial charge in [-0.15, -0.1) is 0 Å². The standard InChI is InChI=1S/C24H32N4O2/c1-16(2)17(3)14-22(29)28(24(25)26)15-19-10-12-21(13-11-19)23(30)27-18(4)20-8-6-5-7-9-20/h5-13,16-18H,14-15H2,1-4H3,(H3,25,26)(H,27,30)/t17-,18+/m1/s1. The number of nitrogens with one attached hydrogen (secondary N) is 2. The molecule has 0 aliphatic carbocycles. The van der Waals surface area contributed by atoms with E-state index in [4.69, 9.17) is 11.1 Å². The number of nitrogens with two attached hydrogens (primary N) is 1. The van der Waals surface area contributed by atoms with Crippen LogP contribution in [0.25, 0.3) is 0 Å². The molecule has 0 spiro atoms. The number of nitrogens with zero attached hydrogens (tertiary/aromatic N) is 1. The fourth-order valence-electron chi connectivity index (χ4n) is 2.98. The first-order chi connectivity index (χ1) is 14.2. The average Bonchev–Trinajstić information content (AvgIpc) is 2.72. The lowest BCUT2D eigenvalue weighted by Crippen LogP contribution is -2.41. The molecule has 0 bridgehead atoms. The summed E-state index contributed by atoms with van der Waals surface area (Å²) in [6.07, 6.45) is 0.342. The lowest BCUT2D eigenvalue weighted by atomic mass is 9.94. The maximum absolute atomic E-state index is 12.6. The second-order valence-corrected chi connectivity index (χ2v) is 8.09. The third-order valence-electron chi connectivity index (χ3n) is 5.43. The fourth-order valence-corrected chi connectivity index (χ4v) is 2.98. The number of hydrogen-bond donors (Lipinski definition) is 3. The van der Waals surface area contributed by atoms with Crippen LogP contribution in [0.15, 0.2) is 54.6 Å². The van der Waals surface area contributed by atoms with Crippen molar-refractivity contribution in [3.8, 4) is 0 Å². The summed E-state index contributed by atoms with van der Waals surface area (Å²) in [7, 11) is 0. The summed E-state index contributed by atoms with van der Waals surface area (Å²) in [5, 5.41) is 10.8. The molecule has 2 aromatic carbocycles. The van der Waals surface area contributed by atoms with Crippen LogP contribution in [0.1, 0.15) is 61.6 Å². The third kappa shape index (κ3) is 6.44. The van der Waals surface area contributed by atoms with Crippen LogP contribution in [-0.4, -0.2) is 22.7 Å². The van der Waals surface area contributed by atoms with E-state index in [1.165, 1.54) is 4.90 Å². The molecular formula is C24H32N4O2. The normalized spacial score (nSPS) is 12.8. The van der Waals surface area contributed by atoms with Gasteiger partial charge in [0.2, 0.25) is 5.91 Å². The van der Waals surface area contributed by atoms with Gasteiger partial charge >= 0.3 is 0 Å². The van der Waals surface area contributed by atoms with Crippen LogP contribution < -0.4 is 11.1 Å². The molecule has 6 heteroatoms. The Morgan fingerprint density at radius 2 is 1.60 bits per heavy atom. The van der Waals surface area contributed by atoms with Crippen molar-refractivity contribution in [1.29, 1.82) is 5.41 Å². The monoisotopic (exact) mass is 408 g/mol. The minimum atomic E-state index is -0.269. The highest BCUT2D eigenvalue weighted by atomic mass is 16.2. The molecule has 4 N–H and O–H groups in total. The van der Waals surface area contributed by atoms with Crippen LogP contribution in [0.5, 0.6) is 0 Å². The van der Waals surface area contributed by atoms with Crippen molar-refractivity contribution >= 4 is 17.8 Å². The zero-order valence-electron chi connectivity index (χ0n) is 18.2. The minimum absolute atomic E-state index is 0.104. The van der Waals surface area contributed by atoms with E-state index in [1.807, 2.05) is 44.2 Å². The van der Waals surface area contributed by atoms with Gasteiger partial charge in [0, 0.05) is 12.0 Å². The Morgan fingerprint density at radius 3 is 2.13 bits per heavy atom. The molecule has 6 nitrogen and oxygen atoms in total. The molecule has 0 saturated heterocycles. The van der Waals surface area contributed by atoms with Gasteiger partial charge in [-0.25, -0.2) is 0 Å². The Kier molecular flexibility index (Phi) is 8.16. The van der Waals surface area contributed by atoms with Gasteiger partial charge in [-0.2, -0.15) is 0 Å². The lowest BCUT2D eigenvalue weighted by Gasteiger charge is -2.24. The molecule has 160 valence electrons. The summed E-state index contributed by atoms with van der Waals surface area (Å²) in [5.74, 6) is -0.0179. The highest BCUT2D eigenvalue weighted by Crippen LogP contribution is 2.17. The van der Waals surface area contributed by atoms with E-state index in [0.29, 0.717) is 17.9 Å². The van der Waals surface area contributed by atoms with Gasteiger partial charge in [-0.1, -0.05) is 63.2 Å². The highest BCUT2D eigenvalue weighted by molar-refractivity contribution is 5.95. The van der Waals surface area contributed by atoms with Gasteiger partial charge in [0.05, 0.1) is 12.6 Å². The van der Waals surface area contributed by atoms with Crippen molar-refractivity contribution in [2.45, 2.75) is 46.7 Å². The number of carbonyl (C=O) groups excluding carboxylic acids is 2. The van der Waals surface area contributed by atoms with Gasteiger partial charge in [-0.05, 0) is 42.0 Å².